The number of benzene rings is 2. The molecule has 0 unspecified atom stereocenters. The lowest BCUT2D eigenvalue weighted by Gasteiger charge is -2.45. The van der Waals surface area contributed by atoms with Crippen molar-refractivity contribution in [2.45, 2.75) is 51.4 Å². The quantitative estimate of drug-likeness (QED) is 0.743. The number of rotatable bonds is 4. The highest BCUT2D eigenvalue weighted by molar-refractivity contribution is 5.90. The van der Waals surface area contributed by atoms with E-state index in [-0.39, 0.29) is 13.2 Å². The third kappa shape index (κ3) is 3.69. The largest absolute Gasteiger partial charge is 0.464 e. The van der Waals surface area contributed by atoms with Gasteiger partial charge in [0.1, 0.15) is 11.2 Å². The number of amides is 1. The van der Waals surface area contributed by atoms with Gasteiger partial charge in [0, 0.05) is 12.5 Å². The monoisotopic (exact) mass is 425 g/mol. The van der Waals surface area contributed by atoms with Crippen LogP contribution in [0.15, 0.2) is 60.7 Å². The van der Waals surface area contributed by atoms with Crippen molar-refractivity contribution in [3.05, 3.63) is 71.8 Å². The smallest absolute Gasteiger partial charge is 0.411 e. The first kappa shape index (κ1) is 22.8. The Balaban J connectivity index is 2.35. The lowest BCUT2D eigenvalue weighted by Crippen LogP contribution is -2.62. The molecule has 0 bridgehead atoms. The van der Waals surface area contributed by atoms with Gasteiger partial charge in [0.15, 0.2) is 0 Å². The fraction of sp³-hybridized carbons (Fsp3) is 0.440. The third-order valence-corrected chi connectivity index (χ3v) is 5.72. The Kier molecular flexibility index (Phi) is 6.14. The average Bonchev–Trinajstić information content (AvgIpc) is 2.98. The molecule has 0 spiro atoms. The first-order valence-electron chi connectivity index (χ1n) is 10.6. The van der Waals surface area contributed by atoms with Crippen LogP contribution in [0.5, 0.6) is 0 Å². The van der Waals surface area contributed by atoms with E-state index in [4.69, 9.17) is 9.47 Å². The van der Waals surface area contributed by atoms with E-state index >= 15 is 0 Å². The first-order chi connectivity index (χ1) is 14.6. The van der Waals surface area contributed by atoms with Crippen molar-refractivity contribution in [2.24, 2.45) is 5.92 Å². The Hall–Kier alpha value is -2.86. The zero-order valence-corrected chi connectivity index (χ0v) is 18.8. The molecule has 1 amide bonds. The van der Waals surface area contributed by atoms with Gasteiger partial charge in [-0.25, -0.2) is 9.59 Å². The van der Waals surface area contributed by atoms with Crippen molar-refractivity contribution < 1.29 is 24.2 Å². The summed E-state index contributed by atoms with van der Waals surface area (Å²) in [4.78, 5) is 28.5. The van der Waals surface area contributed by atoms with E-state index in [9.17, 15) is 14.7 Å². The number of likely N-dealkylation sites (tertiary alicyclic amines) is 1. The molecule has 3 atom stereocenters. The van der Waals surface area contributed by atoms with E-state index < -0.39 is 34.7 Å². The molecule has 1 N–H and O–H groups in total. The molecule has 1 heterocycles. The maximum Gasteiger partial charge on any atom is 0.411 e. The Morgan fingerprint density at radius 3 is 2.03 bits per heavy atom. The highest BCUT2D eigenvalue weighted by Gasteiger charge is 2.71. The minimum absolute atomic E-state index is 0.106. The number of carbonyl (C=O) groups is 2. The summed E-state index contributed by atoms with van der Waals surface area (Å²) in [5, 5.41) is 12.4. The molecule has 2 aromatic rings. The van der Waals surface area contributed by atoms with Crippen LogP contribution in [0.3, 0.4) is 0 Å². The van der Waals surface area contributed by atoms with Crippen LogP contribution >= 0.6 is 0 Å². The standard InChI is InChI=1S/C25H31NO5/c1-6-30-21(27)24(19-13-9-7-10-14-19)25(29,20-15-11-8-12-16-20)18(2)17-26(24)22(28)31-23(3,4)5/h7-16,18,29H,6,17H2,1-5H3/t18-,24-,25+/m1/s1. The lowest BCUT2D eigenvalue weighted by molar-refractivity contribution is -0.176. The van der Waals surface area contributed by atoms with Crippen molar-refractivity contribution in [2.75, 3.05) is 13.2 Å². The zero-order valence-electron chi connectivity index (χ0n) is 18.8. The SMILES string of the molecule is CCOC(=O)[C@@]1(c2ccccc2)N(C(=O)OC(C)(C)C)C[C@@H](C)[C@]1(O)c1ccccc1. The molecule has 0 saturated carbocycles. The van der Waals surface area contributed by atoms with Gasteiger partial charge in [-0.15, -0.1) is 0 Å². The summed E-state index contributed by atoms with van der Waals surface area (Å²) in [5.74, 6) is -1.17. The predicted octanol–water partition coefficient (Wildman–Crippen LogP) is 4.22. The van der Waals surface area contributed by atoms with Gasteiger partial charge in [0.25, 0.3) is 0 Å². The van der Waals surface area contributed by atoms with E-state index in [0.29, 0.717) is 11.1 Å². The second-order valence-corrected chi connectivity index (χ2v) is 8.92. The lowest BCUT2D eigenvalue weighted by atomic mass is 9.68. The summed E-state index contributed by atoms with van der Waals surface area (Å²) in [7, 11) is 0. The molecule has 31 heavy (non-hydrogen) atoms. The summed E-state index contributed by atoms with van der Waals surface area (Å²) in [6.07, 6.45) is -0.678. The van der Waals surface area contributed by atoms with E-state index in [1.54, 1.807) is 76.2 Å². The number of hydrogen-bond donors (Lipinski definition) is 1. The van der Waals surface area contributed by atoms with Crippen LogP contribution in [-0.2, 0) is 25.4 Å². The van der Waals surface area contributed by atoms with Gasteiger partial charge >= 0.3 is 12.1 Å². The molecular formula is C25H31NO5. The van der Waals surface area contributed by atoms with Gasteiger partial charge in [-0.2, -0.15) is 0 Å². The molecule has 6 heteroatoms. The fourth-order valence-electron chi connectivity index (χ4n) is 4.49. The van der Waals surface area contributed by atoms with E-state index in [0.717, 1.165) is 0 Å². The second kappa shape index (κ2) is 8.35. The van der Waals surface area contributed by atoms with Crippen molar-refractivity contribution in [3.63, 3.8) is 0 Å². The Bertz CT molecular complexity index is 924. The maximum atomic E-state index is 13.8. The van der Waals surface area contributed by atoms with Crippen LogP contribution in [0.2, 0.25) is 0 Å². The molecule has 166 valence electrons. The summed E-state index contributed by atoms with van der Waals surface area (Å²) >= 11 is 0. The summed E-state index contributed by atoms with van der Waals surface area (Å²) in [6.45, 7) is 9.05. The van der Waals surface area contributed by atoms with Crippen molar-refractivity contribution in [3.8, 4) is 0 Å². The van der Waals surface area contributed by atoms with Gasteiger partial charge in [-0.3, -0.25) is 4.90 Å². The second-order valence-electron chi connectivity index (χ2n) is 8.92. The van der Waals surface area contributed by atoms with Gasteiger partial charge in [0.05, 0.1) is 6.61 Å². The number of hydrogen-bond acceptors (Lipinski definition) is 5. The van der Waals surface area contributed by atoms with Crippen molar-refractivity contribution in [1.29, 1.82) is 0 Å². The third-order valence-electron chi connectivity index (χ3n) is 5.72. The molecular weight excluding hydrogens is 394 g/mol. The van der Waals surface area contributed by atoms with Gasteiger partial charge in [-0.05, 0) is 38.8 Å². The van der Waals surface area contributed by atoms with Crippen LogP contribution < -0.4 is 0 Å². The van der Waals surface area contributed by atoms with E-state index in [2.05, 4.69) is 0 Å². The normalized spacial score (nSPS) is 25.9. The highest BCUT2D eigenvalue weighted by atomic mass is 16.6. The molecule has 2 aromatic carbocycles. The van der Waals surface area contributed by atoms with Crippen LogP contribution in [0.1, 0.15) is 45.7 Å². The summed E-state index contributed by atoms with van der Waals surface area (Å²) in [5.41, 5.74) is -3.32. The molecule has 1 aliphatic rings. The number of esters is 1. The molecule has 6 nitrogen and oxygen atoms in total. The van der Waals surface area contributed by atoms with Gasteiger partial charge in [-0.1, -0.05) is 67.6 Å². The minimum Gasteiger partial charge on any atom is -0.464 e. The Labute approximate surface area is 183 Å². The topological polar surface area (TPSA) is 76.1 Å². The summed E-state index contributed by atoms with van der Waals surface area (Å²) in [6, 6.07) is 17.8. The van der Waals surface area contributed by atoms with Crippen LogP contribution in [0, 0.1) is 5.92 Å². The minimum atomic E-state index is -1.81. The van der Waals surface area contributed by atoms with Gasteiger partial charge in [0.2, 0.25) is 5.54 Å². The first-order valence-corrected chi connectivity index (χ1v) is 10.6. The van der Waals surface area contributed by atoms with Gasteiger partial charge < -0.3 is 14.6 Å². The average molecular weight is 426 g/mol. The number of aliphatic hydroxyl groups is 1. The maximum absolute atomic E-state index is 13.8. The molecule has 3 rings (SSSR count). The number of carbonyl (C=O) groups excluding carboxylic acids is 2. The molecule has 0 radical (unpaired) electrons. The molecule has 1 saturated heterocycles. The molecule has 0 aliphatic carbocycles. The van der Waals surface area contributed by atoms with Crippen LogP contribution in [0.25, 0.3) is 0 Å². The highest BCUT2D eigenvalue weighted by Crippen LogP contribution is 2.56. The zero-order chi connectivity index (χ0) is 22.9. The molecule has 0 aromatic heterocycles. The molecule has 1 fully saturated rings. The van der Waals surface area contributed by atoms with E-state index in [1.165, 1.54) is 4.90 Å². The van der Waals surface area contributed by atoms with Crippen LogP contribution in [0.4, 0.5) is 4.79 Å². The van der Waals surface area contributed by atoms with Crippen molar-refractivity contribution in [1.82, 2.24) is 4.90 Å². The Morgan fingerprint density at radius 1 is 1.03 bits per heavy atom. The number of nitrogens with zero attached hydrogens (tertiary/aromatic N) is 1. The predicted molar refractivity (Wildman–Crippen MR) is 117 cm³/mol. The number of ether oxygens (including phenoxy) is 2. The van der Waals surface area contributed by atoms with Crippen molar-refractivity contribution >= 4 is 12.1 Å². The van der Waals surface area contributed by atoms with Crippen LogP contribution in [-0.4, -0.2) is 40.8 Å². The summed E-state index contributed by atoms with van der Waals surface area (Å²) < 4.78 is 11.2. The fourth-order valence-corrected chi connectivity index (χ4v) is 4.49. The molecule has 1 aliphatic heterocycles. The Morgan fingerprint density at radius 2 is 1.55 bits per heavy atom. The van der Waals surface area contributed by atoms with E-state index in [1.807, 2.05) is 19.1 Å².